The molecule has 0 radical (unpaired) electrons. The summed E-state index contributed by atoms with van der Waals surface area (Å²) in [4.78, 5) is 14.3. The Kier molecular flexibility index (Phi) is 4.36. The number of hydrogen-bond acceptors (Lipinski definition) is 2. The third-order valence-corrected chi connectivity index (χ3v) is 3.27. The Morgan fingerprint density at radius 3 is 2.62 bits per heavy atom. The molecule has 1 aliphatic rings. The van der Waals surface area contributed by atoms with Gasteiger partial charge >= 0.3 is 0 Å². The third-order valence-electron chi connectivity index (χ3n) is 3.27. The van der Waals surface area contributed by atoms with E-state index in [0.717, 1.165) is 25.9 Å². The number of likely N-dealkylation sites (tertiary alicyclic amines) is 1. The summed E-state index contributed by atoms with van der Waals surface area (Å²) in [5.74, 6) is 0.817. The van der Waals surface area contributed by atoms with E-state index in [1.165, 1.54) is 0 Å². The lowest BCUT2D eigenvalue weighted by Crippen LogP contribution is -2.46. The van der Waals surface area contributed by atoms with Crippen LogP contribution in [0.1, 0.15) is 40.5 Å². The first-order valence-corrected chi connectivity index (χ1v) is 6.32. The molecular formula is C13H26N2O. The summed E-state index contributed by atoms with van der Waals surface area (Å²) in [6.07, 6.45) is 2.07. The molecule has 1 heterocycles. The number of carbonyl (C=O) groups is 1. The van der Waals surface area contributed by atoms with E-state index in [1.54, 1.807) is 0 Å². The van der Waals surface area contributed by atoms with Crippen LogP contribution >= 0.6 is 0 Å². The average molecular weight is 226 g/mol. The standard InChI is InChI=1S/C13H26N2O/c1-10(2)8-15-9-13(3,4)7-6-11(14-5)12(15)16/h10-11,14H,6-9H2,1-5H3. The number of nitrogens with zero attached hydrogens (tertiary/aromatic N) is 1. The lowest BCUT2D eigenvalue weighted by Gasteiger charge is -2.31. The van der Waals surface area contributed by atoms with Gasteiger partial charge in [-0.2, -0.15) is 0 Å². The molecule has 1 saturated heterocycles. The van der Waals surface area contributed by atoms with Crippen molar-refractivity contribution in [3.8, 4) is 0 Å². The molecule has 1 atom stereocenters. The number of rotatable bonds is 3. The van der Waals surface area contributed by atoms with Gasteiger partial charge in [-0.1, -0.05) is 27.7 Å². The molecule has 1 aliphatic heterocycles. The Labute approximate surface area is 99.6 Å². The van der Waals surface area contributed by atoms with Crippen molar-refractivity contribution in [2.75, 3.05) is 20.1 Å². The SMILES string of the molecule is CNC1CCC(C)(C)CN(CC(C)C)C1=O. The first-order valence-electron chi connectivity index (χ1n) is 6.32. The second-order valence-corrected chi connectivity index (χ2v) is 6.16. The van der Waals surface area contributed by atoms with Crippen LogP contribution in [-0.4, -0.2) is 37.0 Å². The molecule has 0 spiro atoms. The van der Waals surface area contributed by atoms with Crippen LogP contribution in [0, 0.1) is 11.3 Å². The van der Waals surface area contributed by atoms with E-state index in [4.69, 9.17) is 0 Å². The highest BCUT2D eigenvalue weighted by Crippen LogP contribution is 2.28. The molecule has 1 amide bonds. The number of amides is 1. The van der Waals surface area contributed by atoms with Crippen molar-refractivity contribution < 1.29 is 4.79 Å². The highest BCUT2D eigenvalue weighted by atomic mass is 16.2. The highest BCUT2D eigenvalue weighted by Gasteiger charge is 2.33. The minimum Gasteiger partial charge on any atom is -0.341 e. The summed E-state index contributed by atoms with van der Waals surface area (Å²) in [5, 5.41) is 3.14. The Morgan fingerprint density at radius 2 is 2.12 bits per heavy atom. The first-order chi connectivity index (χ1) is 7.35. The molecule has 1 fully saturated rings. The van der Waals surface area contributed by atoms with Gasteiger partial charge < -0.3 is 10.2 Å². The second-order valence-electron chi connectivity index (χ2n) is 6.16. The quantitative estimate of drug-likeness (QED) is 0.797. The van der Waals surface area contributed by atoms with Crippen LogP contribution in [0.25, 0.3) is 0 Å². The third kappa shape index (κ3) is 3.48. The number of nitrogens with one attached hydrogen (secondary N) is 1. The van der Waals surface area contributed by atoms with E-state index < -0.39 is 0 Å². The van der Waals surface area contributed by atoms with Crippen molar-refractivity contribution in [1.29, 1.82) is 0 Å². The van der Waals surface area contributed by atoms with Crippen LogP contribution in [0.15, 0.2) is 0 Å². The molecule has 1 N–H and O–H groups in total. The minimum absolute atomic E-state index is 0.0144. The minimum atomic E-state index is 0.0144. The normalized spacial score (nSPS) is 26.0. The van der Waals surface area contributed by atoms with E-state index in [9.17, 15) is 4.79 Å². The molecule has 94 valence electrons. The summed E-state index contributed by atoms with van der Waals surface area (Å²) >= 11 is 0. The first kappa shape index (κ1) is 13.5. The predicted octanol–water partition coefficient (Wildman–Crippen LogP) is 1.88. The van der Waals surface area contributed by atoms with Gasteiger partial charge in [0.05, 0.1) is 6.04 Å². The summed E-state index contributed by atoms with van der Waals surface area (Å²) in [7, 11) is 1.88. The number of carbonyl (C=O) groups excluding carboxylic acids is 1. The maximum atomic E-state index is 12.3. The van der Waals surface area contributed by atoms with E-state index >= 15 is 0 Å². The molecule has 0 saturated carbocycles. The fourth-order valence-corrected chi connectivity index (χ4v) is 2.42. The van der Waals surface area contributed by atoms with Gasteiger partial charge in [0.2, 0.25) is 5.91 Å². The largest absolute Gasteiger partial charge is 0.341 e. The predicted molar refractivity (Wildman–Crippen MR) is 67.3 cm³/mol. The average Bonchev–Trinajstić information content (AvgIpc) is 2.24. The molecule has 0 aliphatic carbocycles. The summed E-state index contributed by atoms with van der Waals surface area (Å²) in [5.41, 5.74) is 0.246. The number of likely N-dealkylation sites (N-methyl/N-ethyl adjacent to an activating group) is 1. The summed E-state index contributed by atoms with van der Waals surface area (Å²) in [6.45, 7) is 10.6. The van der Waals surface area contributed by atoms with Crippen LogP contribution in [0.5, 0.6) is 0 Å². The maximum Gasteiger partial charge on any atom is 0.239 e. The molecule has 1 unspecified atom stereocenters. The van der Waals surface area contributed by atoms with Gasteiger partial charge in [-0.3, -0.25) is 4.79 Å². The van der Waals surface area contributed by atoms with Crippen molar-refractivity contribution in [3.05, 3.63) is 0 Å². The molecule has 0 bridgehead atoms. The van der Waals surface area contributed by atoms with Crippen molar-refractivity contribution in [2.45, 2.75) is 46.6 Å². The molecule has 3 heteroatoms. The molecule has 16 heavy (non-hydrogen) atoms. The second kappa shape index (κ2) is 5.17. The van der Waals surface area contributed by atoms with Crippen molar-refractivity contribution >= 4 is 5.91 Å². The van der Waals surface area contributed by atoms with E-state index in [-0.39, 0.29) is 17.4 Å². The van der Waals surface area contributed by atoms with Gasteiger partial charge in [0.15, 0.2) is 0 Å². The zero-order valence-corrected chi connectivity index (χ0v) is 11.3. The molecule has 1 rings (SSSR count). The monoisotopic (exact) mass is 226 g/mol. The molecule has 0 aromatic carbocycles. The highest BCUT2D eigenvalue weighted by molar-refractivity contribution is 5.82. The molecule has 0 aromatic heterocycles. The van der Waals surface area contributed by atoms with E-state index in [2.05, 4.69) is 33.0 Å². The topological polar surface area (TPSA) is 32.3 Å². The fraction of sp³-hybridized carbons (Fsp3) is 0.923. The van der Waals surface area contributed by atoms with E-state index in [1.807, 2.05) is 11.9 Å². The maximum absolute atomic E-state index is 12.3. The Balaban J connectivity index is 2.80. The van der Waals surface area contributed by atoms with Crippen LogP contribution in [-0.2, 0) is 4.79 Å². The van der Waals surface area contributed by atoms with Gasteiger partial charge in [0.25, 0.3) is 0 Å². The van der Waals surface area contributed by atoms with Gasteiger partial charge in [0, 0.05) is 13.1 Å². The Bertz CT molecular complexity index is 248. The van der Waals surface area contributed by atoms with Gasteiger partial charge in [-0.25, -0.2) is 0 Å². The fourth-order valence-electron chi connectivity index (χ4n) is 2.42. The van der Waals surface area contributed by atoms with Crippen molar-refractivity contribution in [2.24, 2.45) is 11.3 Å². The summed E-state index contributed by atoms with van der Waals surface area (Å²) < 4.78 is 0. The van der Waals surface area contributed by atoms with Crippen LogP contribution in [0.2, 0.25) is 0 Å². The molecule has 3 nitrogen and oxygen atoms in total. The summed E-state index contributed by atoms with van der Waals surface area (Å²) in [6, 6.07) is 0.0144. The zero-order valence-electron chi connectivity index (χ0n) is 11.3. The van der Waals surface area contributed by atoms with Gasteiger partial charge in [-0.05, 0) is 31.2 Å². The van der Waals surface area contributed by atoms with Gasteiger partial charge in [-0.15, -0.1) is 0 Å². The van der Waals surface area contributed by atoms with Gasteiger partial charge in [0.1, 0.15) is 0 Å². The van der Waals surface area contributed by atoms with Crippen LogP contribution in [0.4, 0.5) is 0 Å². The Morgan fingerprint density at radius 1 is 1.50 bits per heavy atom. The molecular weight excluding hydrogens is 200 g/mol. The van der Waals surface area contributed by atoms with Crippen molar-refractivity contribution in [3.63, 3.8) is 0 Å². The number of hydrogen-bond donors (Lipinski definition) is 1. The van der Waals surface area contributed by atoms with Crippen LogP contribution < -0.4 is 5.32 Å². The lowest BCUT2D eigenvalue weighted by molar-refractivity contribution is -0.134. The smallest absolute Gasteiger partial charge is 0.239 e. The Hall–Kier alpha value is -0.570. The molecule has 0 aromatic rings. The zero-order chi connectivity index (χ0) is 12.3. The van der Waals surface area contributed by atoms with Crippen LogP contribution in [0.3, 0.4) is 0 Å². The van der Waals surface area contributed by atoms with E-state index in [0.29, 0.717) is 5.92 Å². The van der Waals surface area contributed by atoms with Crippen molar-refractivity contribution in [1.82, 2.24) is 10.2 Å². The lowest BCUT2D eigenvalue weighted by atomic mass is 9.87.